The number of hydrogen-bond donors (Lipinski definition) is 1. The molecule has 4 aromatic rings. The maximum Gasteiger partial charge on any atom is 0.251 e. The Kier molecular flexibility index (Phi) is 8.81. The topological polar surface area (TPSA) is 56.1 Å². The number of nitrogens with one attached hydrogen (secondary N) is 1. The third-order valence-corrected chi connectivity index (χ3v) is 6.83. The highest BCUT2D eigenvalue weighted by molar-refractivity contribution is 9.10. The van der Waals surface area contributed by atoms with E-state index in [1.54, 1.807) is 0 Å². The maximum absolute atomic E-state index is 12.5. The summed E-state index contributed by atoms with van der Waals surface area (Å²) in [6, 6.07) is 22.1. The van der Waals surface area contributed by atoms with Gasteiger partial charge in [0.25, 0.3) is 5.91 Å². The lowest BCUT2D eigenvalue weighted by Gasteiger charge is -2.15. The first kappa shape index (κ1) is 26.0. The summed E-state index contributed by atoms with van der Waals surface area (Å²) in [5.74, 6) is 2.36. The van der Waals surface area contributed by atoms with Crippen LogP contribution in [0, 0.1) is 6.92 Å². The smallest absolute Gasteiger partial charge is 0.251 e. The Hall–Kier alpha value is -3.12. The molecule has 0 aliphatic heterocycles. The molecule has 0 atom stereocenters. The third kappa shape index (κ3) is 6.55. The van der Waals surface area contributed by atoms with Crippen LogP contribution in [-0.2, 0) is 13.0 Å². The van der Waals surface area contributed by atoms with Gasteiger partial charge < -0.3 is 14.6 Å². The van der Waals surface area contributed by atoms with Crippen molar-refractivity contribution < 1.29 is 9.53 Å². The molecule has 3 aromatic carbocycles. The van der Waals surface area contributed by atoms with Gasteiger partial charge in [0, 0.05) is 29.5 Å². The lowest BCUT2D eigenvalue weighted by Crippen LogP contribution is -2.26. The van der Waals surface area contributed by atoms with Crippen LogP contribution in [0.3, 0.4) is 0 Å². The molecule has 0 fully saturated rings. The van der Waals surface area contributed by atoms with E-state index < -0.39 is 0 Å². The number of aryl methyl sites for hydroxylation is 2. The second kappa shape index (κ2) is 12.2. The number of fused-ring (bicyclic) bond motifs is 1. The molecule has 4 rings (SSSR count). The minimum atomic E-state index is -0.0702. The molecule has 1 N–H and O–H groups in total. The zero-order chi connectivity index (χ0) is 25.5. The molecule has 5 nitrogen and oxygen atoms in total. The molecule has 0 spiro atoms. The normalized spacial score (nSPS) is 11.2. The lowest BCUT2D eigenvalue weighted by molar-refractivity contribution is 0.0954. The Morgan fingerprint density at radius 3 is 2.61 bits per heavy atom. The molecule has 0 aliphatic rings. The molecule has 36 heavy (non-hydrogen) atoms. The Labute approximate surface area is 222 Å². The summed E-state index contributed by atoms with van der Waals surface area (Å²) in [4.78, 5) is 17.3. The van der Waals surface area contributed by atoms with E-state index in [4.69, 9.17) is 9.72 Å². The molecule has 1 aromatic heterocycles. The molecule has 0 saturated carbocycles. The zero-order valence-electron chi connectivity index (χ0n) is 21.3. The van der Waals surface area contributed by atoms with Gasteiger partial charge in [0.05, 0.1) is 17.6 Å². The van der Waals surface area contributed by atoms with Crippen molar-refractivity contribution in [1.29, 1.82) is 0 Å². The highest BCUT2D eigenvalue weighted by atomic mass is 79.9. The van der Waals surface area contributed by atoms with Crippen LogP contribution >= 0.6 is 15.9 Å². The Bertz CT molecular complexity index is 1310. The van der Waals surface area contributed by atoms with Gasteiger partial charge in [0.2, 0.25) is 0 Å². The highest BCUT2D eigenvalue weighted by Crippen LogP contribution is 2.27. The standard InChI is InChI=1S/C30H34BrN3O2/c1-21(2)25-15-10-22(3)20-28(25)36-19-7-6-18-34-27-9-5-4-8-26(27)33-29(34)16-17-32-30(35)23-11-13-24(31)14-12-23/h4-5,8-15,20-21H,6-7,16-19H2,1-3H3,(H,32,35). The number of nitrogens with zero attached hydrogens (tertiary/aromatic N) is 2. The number of para-hydroxylation sites is 2. The van der Waals surface area contributed by atoms with Gasteiger partial charge in [0.15, 0.2) is 0 Å². The number of carbonyl (C=O) groups is 1. The third-order valence-electron chi connectivity index (χ3n) is 6.30. The first-order chi connectivity index (χ1) is 17.4. The summed E-state index contributed by atoms with van der Waals surface area (Å²) < 4.78 is 9.42. The van der Waals surface area contributed by atoms with Crippen molar-refractivity contribution in [3.8, 4) is 5.75 Å². The molecule has 0 bridgehead atoms. The number of amides is 1. The quantitative estimate of drug-likeness (QED) is 0.204. The fourth-order valence-corrected chi connectivity index (χ4v) is 4.62. The number of rotatable bonds is 11. The van der Waals surface area contributed by atoms with E-state index in [-0.39, 0.29) is 5.91 Å². The predicted octanol–water partition coefficient (Wildman–Crippen LogP) is 7.06. The molecule has 1 amide bonds. The number of aromatic nitrogens is 2. The van der Waals surface area contributed by atoms with E-state index in [2.05, 4.69) is 70.9 Å². The van der Waals surface area contributed by atoms with Gasteiger partial charge in [-0.3, -0.25) is 4.79 Å². The van der Waals surface area contributed by atoms with Crippen molar-refractivity contribution in [3.63, 3.8) is 0 Å². The summed E-state index contributed by atoms with van der Waals surface area (Å²) in [5.41, 5.74) is 5.25. The van der Waals surface area contributed by atoms with Crippen LogP contribution < -0.4 is 10.1 Å². The summed E-state index contributed by atoms with van der Waals surface area (Å²) in [6.45, 7) is 8.59. The first-order valence-corrected chi connectivity index (χ1v) is 13.4. The fourth-order valence-electron chi connectivity index (χ4n) is 4.35. The van der Waals surface area contributed by atoms with Crippen molar-refractivity contribution in [2.75, 3.05) is 13.2 Å². The summed E-state index contributed by atoms with van der Waals surface area (Å²) in [7, 11) is 0. The van der Waals surface area contributed by atoms with Crippen LogP contribution in [0.25, 0.3) is 11.0 Å². The van der Waals surface area contributed by atoms with Crippen molar-refractivity contribution in [3.05, 3.63) is 93.7 Å². The number of benzene rings is 3. The molecular formula is C30H34BrN3O2. The lowest BCUT2D eigenvalue weighted by atomic mass is 10.0. The maximum atomic E-state index is 12.5. The summed E-state index contributed by atoms with van der Waals surface area (Å²) in [6.07, 6.45) is 2.62. The van der Waals surface area contributed by atoms with Crippen LogP contribution in [0.15, 0.2) is 71.2 Å². The van der Waals surface area contributed by atoms with Crippen LogP contribution in [0.4, 0.5) is 0 Å². The fraction of sp³-hybridized carbons (Fsp3) is 0.333. The number of hydrogen-bond acceptors (Lipinski definition) is 3. The SMILES string of the molecule is Cc1ccc(C(C)C)c(OCCCCn2c(CCNC(=O)c3ccc(Br)cc3)nc3ccccc32)c1. The zero-order valence-corrected chi connectivity index (χ0v) is 22.8. The van der Waals surface area contributed by atoms with Crippen LogP contribution in [0.2, 0.25) is 0 Å². The molecule has 0 aliphatic carbocycles. The minimum Gasteiger partial charge on any atom is -0.493 e. The molecule has 1 heterocycles. The number of imidazole rings is 1. The Morgan fingerprint density at radius 2 is 1.83 bits per heavy atom. The number of unbranched alkanes of at least 4 members (excludes halogenated alkanes) is 1. The molecule has 0 saturated heterocycles. The number of halogens is 1. The summed E-state index contributed by atoms with van der Waals surface area (Å²) >= 11 is 3.41. The van der Waals surface area contributed by atoms with Gasteiger partial charge >= 0.3 is 0 Å². The second-order valence-corrected chi connectivity index (χ2v) is 10.3. The molecule has 0 radical (unpaired) electrons. The van der Waals surface area contributed by atoms with Gasteiger partial charge in [-0.15, -0.1) is 0 Å². The van der Waals surface area contributed by atoms with Gasteiger partial charge in [-0.25, -0.2) is 4.98 Å². The van der Waals surface area contributed by atoms with Crippen molar-refractivity contribution >= 4 is 32.9 Å². The largest absolute Gasteiger partial charge is 0.493 e. The van der Waals surface area contributed by atoms with Crippen molar-refractivity contribution in [1.82, 2.24) is 14.9 Å². The monoisotopic (exact) mass is 547 g/mol. The average molecular weight is 549 g/mol. The van der Waals surface area contributed by atoms with E-state index >= 15 is 0 Å². The molecule has 0 unspecified atom stereocenters. The van der Waals surface area contributed by atoms with Gasteiger partial charge in [-0.2, -0.15) is 0 Å². The number of carbonyl (C=O) groups excluding carboxylic acids is 1. The second-order valence-electron chi connectivity index (χ2n) is 9.43. The van der Waals surface area contributed by atoms with Gasteiger partial charge in [-0.1, -0.05) is 54.0 Å². The van der Waals surface area contributed by atoms with Gasteiger partial charge in [-0.05, 0) is 79.3 Å². The van der Waals surface area contributed by atoms with E-state index in [9.17, 15) is 4.79 Å². The Morgan fingerprint density at radius 1 is 1.06 bits per heavy atom. The predicted molar refractivity (Wildman–Crippen MR) is 150 cm³/mol. The molecular weight excluding hydrogens is 514 g/mol. The minimum absolute atomic E-state index is 0.0702. The van der Waals surface area contributed by atoms with E-state index in [0.717, 1.165) is 46.5 Å². The number of ether oxygens (including phenoxy) is 1. The highest BCUT2D eigenvalue weighted by Gasteiger charge is 2.12. The van der Waals surface area contributed by atoms with E-state index in [0.29, 0.717) is 31.1 Å². The van der Waals surface area contributed by atoms with Crippen molar-refractivity contribution in [2.24, 2.45) is 0 Å². The van der Waals surface area contributed by atoms with Crippen LogP contribution in [0.5, 0.6) is 5.75 Å². The summed E-state index contributed by atoms with van der Waals surface area (Å²) in [5, 5.41) is 3.02. The Balaban J connectivity index is 1.34. The van der Waals surface area contributed by atoms with Crippen molar-refractivity contribution in [2.45, 2.75) is 52.5 Å². The van der Waals surface area contributed by atoms with E-state index in [1.165, 1.54) is 11.1 Å². The molecule has 6 heteroatoms. The van der Waals surface area contributed by atoms with Crippen LogP contribution in [-0.4, -0.2) is 28.6 Å². The first-order valence-electron chi connectivity index (χ1n) is 12.6. The molecule has 188 valence electrons. The van der Waals surface area contributed by atoms with Crippen LogP contribution in [0.1, 0.15) is 59.9 Å². The average Bonchev–Trinajstić information content (AvgIpc) is 3.21. The van der Waals surface area contributed by atoms with Gasteiger partial charge in [0.1, 0.15) is 11.6 Å². The van der Waals surface area contributed by atoms with E-state index in [1.807, 2.05) is 42.5 Å².